The van der Waals surface area contributed by atoms with E-state index in [1.54, 1.807) is 31.5 Å². The third kappa shape index (κ3) is 3.74. The summed E-state index contributed by atoms with van der Waals surface area (Å²) < 4.78 is 7.44. The van der Waals surface area contributed by atoms with Gasteiger partial charge in [0.1, 0.15) is 11.4 Å². The number of hydrogen-bond acceptors (Lipinski definition) is 3. The van der Waals surface area contributed by atoms with Gasteiger partial charge in [-0.2, -0.15) is 0 Å². The molecule has 0 saturated carbocycles. The SMILES string of the molecule is COc1ccc(Cl)cc1NC(=O)Nc1cccc2c1ccn2Cc1c[nH]c2ncccc12. The first kappa shape index (κ1) is 20.0. The van der Waals surface area contributed by atoms with Crippen molar-refractivity contribution in [1.29, 1.82) is 0 Å². The van der Waals surface area contributed by atoms with Crippen LogP contribution in [0.25, 0.3) is 21.9 Å². The fourth-order valence-electron chi connectivity index (χ4n) is 3.85. The molecule has 7 nitrogen and oxygen atoms in total. The number of pyridine rings is 1. The van der Waals surface area contributed by atoms with Gasteiger partial charge in [0.2, 0.25) is 0 Å². The molecule has 0 aliphatic carbocycles. The van der Waals surface area contributed by atoms with Gasteiger partial charge < -0.3 is 24.9 Å². The molecule has 2 aromatic carbocycles. The minimum absolute atomic E-state index is 0.381. The molecule has 160 valence electrons. The zero-order chi connectivity index (χ0) is 22.1. The lowest BCUT2D eigenvalue weighted by Crippen LogP contribution is -2.20. The number of ether oxygens (including phenoxy) is 1. The topological polar surface area (TPSA) is 84.0 Å². The van der Waals surface area contributed by atoms with Crippen LogP contribution in [0.1, 0.15) is 5.56 Å². The smallest absolute Gasteiger partial charge is 0.323 e. The van der Waals surface area contributed by atoms with E-state index in [2.05, 4.69) is 31.2 Å². The molecule has 2 amide bonds. The Bertz CT molecular complexity index is 1440. The van der Waals surface area contributed by atoms with Crippen LogP contribution in [0.2, 0.25) is 5.02 Å². The third-order valence-corrected chi connectivity index (χ3v) is 5.58. The zero-order valence-corrected chi connectivity index (χ0v) is 18.0. The van der Waals surface area contributed by atoms with E-state index in [4.69, 9.17) is 16.3 Å². The molecule has 3 N–H and O–H groups in total. The highest BCUT2D eigenvalue weighted by molar-refractivity contribution is 6.31. The van der Waals surface area contributed by atoms with Gasteiger partial charge in [-0.15, -0.1) is 0 Å². The summed E-state index contributed by atoms with van der Waals surface area (Å²) in [6, 6.07) is 16.5. The van der Waals surface area contributed by atoms with E-state index in [0.29, 0.717) is 28.7 Å². The molecule has 0 saturated heterocycles. The number of halogens is 1. The Balaban J connectivity index is 1.40. The lowest BCUT2D eigenvalue weighted by Gasteiger charge is -2.12. The second-order valence-electron chi connectivity index (χ2n) is 7.32. The molecule has 0 bridgehead atoms. The van der Waals surface area contributed by atoms with Crippen molar-refractivity contribution in [3.05, 3.63) is 83.8 Å². The van der Waals surface area contributed by atoms with Crippen LogP contribution in [0.15, 0.2) is 73.2 Å². The van der Waals surface area contributed by atoms with Crippen LogP contribution < -0.4 is 15.4 Å². The van der Waals surface area contributed by atoms with Gasteiger partial charge in [0.05, 0.1) is 24.0 Å². The minimum Gasteiger partial charge on any atom is -0.495 e. The monoisotopic (exact) mass is 445 g/mol. The maximum atomic E-state index is 12.7. The zero-order valence-electron chi connectivity index (χ0n) is 17.2. The second kappa shape index (κ2) is 8.28. The number of benzene rings is 2. The number of carbonyl (C=O) groups excluding carboxylic acids is 1. The second-order valence-corrected chi connectivity index (χ2v) is 7.76. The number of nitrogens with zero attached hydrogens (tertiary/aromatic N) is 2. The molecule has 5 aromatic rings. The van der Waals surface area contributed by atoms with Crippen molar-refractivity contribution < 1.29 is 9.53 Å². The maximum Gasteiger partial charge on any atom is 0.323 e. The molecule has 3 heterocycles. The summed E-state index contributed by atoms with van der Waals surface area (Å²) in [6.07, 6.45) is 5.77. The van der Waals surface area contributed by atoms with Crippen LogP contribution in [-0.4, -0.2) is 27.7 Å². The number of methoxy groups -OCH3 is 1. The van der Waals surface area contributed by atoms with Gasteiger partial charge in [-0.3, -0.25) is 0 Å². The Morgan fingerprint density at radius 2 is 1.97 bits per heavy atom. The molecule has 32 heavy (non-hydrogen) atoms. The van der Waals surface area contributed by atoms with E-state index in [-0.39, 0.29) is 6.03 Å². The molecule has 0 atom stereocenters. The van der Waals surface area contributed by atoms with Gasteiger partial charge >= 0.3 is 6.03 Å². The van der Waals surface area contributed by atoms with E-state index in [1.807, 2.05) is 42.7 Å². The molecule has 0 fully saturated rings. The van der Waals surface area contributed by atoms with E-state index in [0.717, 1.165) is 27.5 Å². The van der Waals surface area contributed by atoms with Crippen molar-refractivity contribution in [2.24, 2.45) is 0 Å². The summed E-state index contributed by atoms with van der Waals surface area (Å²) in [5, 5.41) is 8.28. The molecule has 5 rings (SSSR count). The van der Waals surface area contributed by atoms with Gasteiger partial charge in [0.25, 0.3) is 0 Å². The van der Waals surface area contributed by atoms with E-state index < -0.39 is 0 Å². The quantitative estimate of drug-likeness (QED) is 0.316. The Hall–Kier alpha value is -3.97. The first-order valence-electron chi connectivity index (χ1n) is 10.0. The van der Waals surface area contributed by atoms with Gasteiger partial charge in [0.15, 0.2) is 0 Å². The molecular formula is C24H20ClN5O2. The van der Waals surface area contributed by atoms with Gasteiger partial charge in [-0.25, -0.2) is 9.78 Å². The summed E-state index contributed by atoms with van der Waals surface area (Å²) in [5.41, 5.74) is 4.24. The number of hydrogen-bond donors (Lipinski definition) is 3. The number of H-pyrrole nitrogens is 1. The normalized spacial score (nSPS) is 11.1. The lowest BCUT2D eigenvalue weighted by atomic mass is 10.2. The van der Waals surface area contributed by atoms with Crippen LogP contribution in [0.3, 0.4) is 0 Å². The molecule has 0 spiro atoms. The predicted molar refractivity (Wildman–Crippen MR) is 128 cm³/mol. The molecule has 0 unspecified atom stereocenters. The highest BCUT2D eigenvalue weighted by atomic mass is 35.5. The molecular weight excluding hydrogens is 426 g/mol. The molecule has 0 radical (unpaired) electrons. The van der Waals surface area contributed by atoms with Crippen molar-refractivity contribution in [1.82, 2.24) is 14.5 Å². The Morgan fingerprint density at radius 1 is 1.09 bits per heavy atom. The van der Waals surface area contributed by atoms with E-state index in [9.17, 15) is 4.79 Å². The highest BCUT2D eigenvalue weighted by Crippen LogP contribution is 2.29. The first-order chi connectivity index (χ1) is 15.6. The third-order valence-electron chi connectivity index (χ3n) is 5.35. The van der Waals surface area contributed by atoms with Crippen molar-refractivity contribution in [2.75, 3.05) is 17.7 Å². The molecule has 8 heteroatoms. The number of urea groups is 1. The number of rotatable bonds is 5. The van der Waals surface area contributed by atoms with Crippen LogP contribution in [0, 0.1) is 0 Å². The fourth-order valence-corrected chi connectivity index (χ4v) is 4.02. The standard InChI is InChI=1S/C24H20ClN5O2/c1-32-22-8-7-16(25)12-20(22)29-24(31)28-19-5-2-6-21-18(19)9-11-30(21)14-15-13-27-23-17(15)4-3-10-26-23/h2-13H,14H2,1H3,(H,26,27)(H2,28,29,31). The maximum absolute atomic E-state index is 12.7. The average Bonchev–Trinajstić information content (AvgIpc) is 3.39. The lowest BCUT2D eigenvalue weighted by molar-refractivity contribution is 0.262. The van der Waals surface area contributed by atoms with Crippen LogP contribution in [0.5, 0.6) is 5.75 Å². The number of nitrogens with one attached hydrogen (secondary N) is 3. The Labute approximate surface area is 189 Å². The minimum atomic E-state index is -0.381. The van der Waals surface area contributed by atoms with Crippen molar-refractivity contribution in [3.8, 4) is 5.75 Å². The molecule has 0 aliphatic rings. The number of aromatic nitrogens is 3. The number of anilines is 2. The summed E-state index contributed by atoms with van der Waals surface area (Å²) in [6.45, 7) is 0.685. The largest absolute Gasteiger partial charge is 0.495 e. The fraction of sp³-hybridized carbons (Fsp3) is 0.0833. The van der Waals surface area contributed by atoms with Crippen LogP contribution in [-0.2, 0) is 6.54 Å². The number of fused-ring (bicyclic) bond motifs is 2. The Kier molecular flexibility index (Phi) is 5.17. The van der Waals surface area contributed by atoms with Crippen LogP contribution >= 0.6 is 11.6 Å². The number of carbonyl (C=O) groups is 1. The van der Waals surface area contributed by atoms with Gasteiger partial charge in [0, 0.05) is 40.9 Å². The summed E-state index contributed by atoms with van der Waals surface area (Å²) in [4.78, 5) is 20.2. The Morgan fingerprint density at radius 3 is 2.84 bits per heavy atom. The van der Waals surface area contributed by atoms with E-state index in [1.165, 1.54) is 0 Å². The number of amides is 2. The van der Waals surface area contributed by atoms with Crippen molar-refractivity contribution in [2.45, 2.75) is 6.54 Å². The summed E-state index contributed by atoms with van der Waals surface area (Å²) in [7, 11) is 1.54. The van der Waals surface area contributed by atoms with Crippen molar-refractivity contribution >= 4 is 50.9 Å². The van der Waals surface area contributed by atoms with Gasteiger partial charge in [-0.05, 0) is 54.1 Å². The van der Waals surface area contributed by atoms with Crippen molar-refractivity contribution in [3.63, 3.8) is 0 Å². The average molecular weight is 446 g/mol. The summed E-state index contributed by atoms with van der Waals surface area (Å²) >= 11 is 6.06. The molecule has 0 aliphatic heterocycles. The van der Waals surface area contributed by atoms with E-state index >= 15 is 0 Å². The highest BCUT2D eigenvalue weighted by Gasteiger charge is 2.12. The number of aromatic amines is 1. The van der Waals surface area contributed by atoms with Gasteiger partial charge in [-0.1, -0.05) is 17.7 Å². The predicted octanol–water partition coefficient (Wildman–Crippen LogP) is 5.87. The summed E-state index contributed by atoms with van der Waals surface area (Å²) in [5.74, 6) is 0.530. The first-order valence-corrected chi connectivity index (χ1v) is 10.4. The molecule has 3 aromatic heterocycles. The van der Waals surface area contributed by atoms with Crippen LogP contribution in [0.4, 0.5) is 16.2 Å².